The summed E-state index contributed by atoms with van der Waals surface area (Å²) in [5.74, 6) is 0.244. The lowest BCUT2D eigenvalue weighted by Crippen LogP contribution is -2.12. The molecule has 0 spiro atoms. The lowest BCUT2D eigenvalue weighted by Gasteiger charge is -2.05. The van der Waals surface area contributed by atoms with Crippen LogP contribution in [0.1, 0.15) is 10.4 Å². The van der Waals surface area contributed by atoms with E-state index < -0.39 is 5.91 Å². The van der Waals surface area contributed by atoms with Gasteiger partial charge in [-0.15, -0.1) is 11.3 Å². The second-order valence-electron chi connectivity index (χ2n) is 5.79. The molecule has 128 valence electrons. The van der Waals surface area contributed by atoms with Crippen molar-refractivity contribution in [2.75, 3.05) is 7.11 Å². The Morgan fingerprint density at radius 3 is 2.42 bits per heavy atom. The quantitative estimate of drug-likeness (QED) is 0.572. The lowest BCUT2D eigenvalue weighted by molar-refractivity contribution is 0.100. The molecule has 4 nitrogen and oxygen atoms in total. The van der Waals surface area contributed by atoms with Crippen molar-refractivity contribution >= 4 is 27.5 Å². The number of benzene rings is 3. The Kier molecular flexibility index (Phi) is 4.14. The molecular formula is C21H16N2O2S. The van der Waals surface area contributed by atoms with Gasteiger partial charge in [0, 0.05) is 16.7 Å². The average molecular weight is 360 g/mol. The van der Waals surface area contributed by atoms with E-state index in [2.05, 4.69) is 12.1 Å². The Labute approximate surface area is 154 Å². The summed E-state index contributed by atoms with van der Waals surface area (Å²) in [5, 5.41) is 0.746. The minimum atomic E-state index is -0.463. The largest absolute Gasteiger partial charge is 0.494 e. The van der Waals surface area contributed by atoms with Gasteiger partial charge in [-0.05, 0) is 23.8 Å². The molecule has 0 radical (unpaired) electrons. The third-order valence-electron chi connectivity index (χ3n) is 4.23. The van der Waals surface area contributed by atoms with Gasteiger partial charge in [-0.25, -0.2) is 4.98 Å². The van der Waals surface area contributed by atoms with Gasteiger partial charge in [0.2, 0.25) is 5.91 Å². The van der Waals surface area contributed by atoms with E-state index >= 15 is 0 Å². The van der Waals surface area contributed by atoms with Crippen molar-refractivity contribution in [2.24, 2.45) is 5.73 Å². The second kappa shape index (κ2) is 6.61. The van der Waals surface area contributed by atoms with E-state index in [0.717, 1.165) is 31.9 Å². The fraction of sp³-hybridized carbons (Fsp3) is 0.0476. The SMILES string of the molecule is COc1ccc(-c2ccccc2)c2sc(-c3ccccc3C(N)=O)nc12. The lowest BCUT2D eigenvalue weighted by atomic mass is 10.1. The zero-order chi connectivity index (χ0) is 18.1. The molecule has 1 amide bonds. The van der Waals surface area contributed by atoms with Crippen molar-refractivity contribution in [3.05, 3.63) is 72.3 Å². The minimum absolute atomic E-state index is 0.463. The van der Waals surface area contributed by atoms with Crippen molar-refractivity contribution < 1.29 is 9.53 Å². The van der Waals surface area contributed by atoms with E-state index in [-0.39, 0.29) is 0 Å². The molecular weight excluding hydrogens is 344 g/mol. The van der Waals surface area contributed by atoms with Crippen LogP contribution < -0.4 is 10.5 Å². The number of thiazole rings is 1. The molecule has 4 rings (SSSR count). The van der Waals surface area contributed by atoms with Gasteiger partial charge in [0.25, 0.3) is 0 Å². The number of carbonyl (C=O) groups excluding carboxylic acids is 1. The highest BCUT2D eigenvalue weighted by atomic mass is 32.1. The third kappa shape index (κ3) is 2.72. The Morgan fingerprint density at radius 1 is 0.962 bits per heavy atom. The molecule has 0 saturated heterocycles. The Bertz CT molecular complexity index is 1100. The van der Waals surface area contributed by atoms with E-state index in [4.69, 9.17) is 15.5 Å². The monoisotopic (exact) mass is 360 g/mol. The predicted molar refractivity (Wildman–Crippen MR) is 106 cm³/mol. The first-order valence-electron chi connectivity index (χ1n) is 8.11. The zero-order valence-corrected chi connectivity index (χ0v) is 14.9. The molecule has 3 aromatic carbocycles. The van der Waals surface area contributed by atoms with Crippen molar-refractivity contribution in [3.63, 3.8) is 0 Å². The van der Waals surface area contributed by atoms with Crippen LogP contribution in [0.15, 0.2) is 66.7 Å². The molecule has 0 saturated carbocycles. The van der Waals surface area contributed by atoms with Crippen LogP contribution in [0.25, 0.3) is 31.9 Å². The van der Waals surface area contributed by atoms with Crippen LogP contribution in [-0.4, -0.2) is 18.0 Å². The molecule has 1 heterocycles. The highest BCUT2D eigenvalue weighted by Crippen LogP contribution is 2.41. The van der Waals surface area contributed by atoms with Crippen LogP contribution in [0, 0.1) is 0 Å². The van der Waals surface area contributed by atoms with Gasteiger partial charge in [-0.3, -0.25) is 4.79 Å². The maximum atomic E-state index is 11.8. The van der Waals surface area contributed by atoms with Crippen LogP contribution in [0.5, 0.6) is 5.75 Å². The third-order valence-corrected chi connectivity index (χ3v) is 5.36. The fourth-order valence-electron chi connectivity index (χ4n) is 2.99. The number of nitrogens with two attached hydrogens (primary N) is 1. The smallest absolute Gasteiger partial charge is 0.249 e. The summed E-state index contributed by atoms with van der Waals surface area (Å²) in [5.41, 5.74) is 9.72. The summed E-state index contributed by atoms with van der Waals surface area (Å²) in [7, 11) is 1.63. The maximum Gasteiger partial charge on any atom is 0.249 e. The zero-order valence-electron chi connectivity index (χ0n) is 14.1. The normalized spacial score (nSPS) is 10.8. The van der Waals surface area contributed by atoms with Gasteiger partial charge in [-0.2, -0.15) is 0 Å². The molecule has 0 aliphatic carbocycles. The number of nitrogens with zero attached hydrogens (tertiary/aromatic N) is 1. The van der Waals surface area contributed by atoms with Gasteiger partial charge in [0.05, 0.1) is 11.8 Å². The van der Waals surface area contributed by atoms with Gasteiger partial charge in [0.1, 0.15) is 16.3 Å². The van der Waals surface area contributed by atoms with E-state index in [9.17, 15) is 4.79 Å². The number of primary amides is 1. The van der Waals surface area contributed by atoms with Crippen molar-refractivity contribution in [2.45, 2.75) is 0 Å². The number of carbonyl (C=O) groups is 1. The minimum Gasteiger partial charge on any atom is -0.494 e. The number of aromatic nitrogens is 1. The molecule has 26 heavy (non-hydrogen) atoms. The average Bonchev–Trinajstić information content (AvgIpc) is 3.13. The molecule has 5 heteroatoms. The summed E-state index contributed by atoms with van der Waals surface area (Å²) < 4.78 is 6.52. The fourth-order valence-corrected chi connectivity index (χ4v) is 4.15. The molecule has 0 bridgehead atoms. The van der Waals surface area contributed by atoms with Crippen molar-refractivity contribution in [3.8, 4) is 27.4 Å². The van der Waals surface area contributed by atoms with Crippen LogP contribution in [0.4, 0.5) is 0 Å². The first-order valence-corrected chi connectivity index (χ1v) is 8.93. The number of fused-ring (bicyclic) bond motifs is 1. The van der Waals surface area contributed by atoms with Gasteiger partial charge in [-0.1, -0.05) is 48.5 Å². The predicted octanol–water partition coefficient (Wildman–Crippen LogP) is 4.74. The topological polar surface area (TPSA) is 65.2 Å². The van der Waals surface area contributed by atoms with E-state index in [1.807, 2.05) is 42.5 Å². The molecule has 2 N–H and O–H groups in total. The van der Waals surface area contributed by atoms with Crippen LogP contribution in [0.2, 0.25) is 0 Å². The van der Waals surface area contributed by atoms with Gasteiger partial charge < -0.3 is 10.5 Å². The molecule has 4 aromatic rings. The van der Waals surface area contributed by atoms with E-state index in [0.29, 0.717) is 11.3 Å². The Hall–Kier alpha value is -3.18. The number of hydrogen-bond acceptors (Lipinski definition) is 4. The standard InChI is InChI=1S/C21H16N2O2S/c1-25-17-12-11-14(13-7-3-2-4-8-13)19-18(17)23-21(26-19)16-10-6-5-9-15(16)20(22)24/h2-12H,1H3,(H2,22,24). The van der Waals surface area contributed by atoms with Crippen LogP contribution >= 0.6 is 11.3 Å². The summed E-state index contributed by atoms with van der Waals surface area (Å²) >= 11 is 1.53. The number of rotatable bonds is 4. The number of ether oxygens (including phenoxy) is 1. The Morgan fingerprint density at radius 2 is 1.69 bits per heavy atom. The highest BCUT2D eigenvalue weighted by molar-refractivity contribution is 7.22. The molecule has 0 aliphatic heterocycles. The summed E-state index contributed by atoms with van der Waals surface area (Å²) in [4.78, 5) is 16.6. The number of hydrogen-bond donors (Lipinski definition) is 1. The summed E-state index contributed by atoms with van der Waals surface area (Å²) in [6.45, 7) is 0. The van der Waals surface area contributed by atoms with E-state index in [1.54, 1.807) is 19.2 Å². The van der Waals surface area contributed by atoms with Gasteiger partial charge in [0.15, 0.2) is 0 Å². The first kappa shape index (κ1) is 16.3. The molecule has 0 aliphatic rings. The number of amides is 1. The van der Waals surface area contributed by atoms with Gasteiger partial charge >= 0.3 is 0 Å². The Balaban J connectivity index is 1.99. The van der Waals surface area contributed by atoms with E-state index in [1.165, 1.54) is 11.3 Å². The van der Waals surface area contributed by atoms with Crippen LogP contribution in [-0.2, 0) is 0 Å². The first-order chi connectivity index (χ1) is 12.7. The second-order valence-corrected chi connectivity index (χ2v) is 6.79. The van der Waals surface area contributed by atoms with Crippen LogP contribution in [0.3, 0.4) is 0 Å². The molecule has 0 fully saturated rings. The maximum absolute atomic E-state index is 11.8. The highest BCUT2D eigenvalue weighted by Gasteiger charge is 2.18. The molecule has 0 atom stereocenters. The molecule has 1 aromatic heterocycles. The molecule has 0 unspecified atom stereocenters. The number of methoxy groups -OCH3 is 1. The summed E-state index contributed by atoms with van der Waals surface area (Å²) in [6, 6.07) is 21.4. The summed E-state index contributed by atoms with van der Waals surface area (Å²) in [6.07, 6.45) is 0. The van der Waals surface area contributed by atoms with Crippen molar-refractivity contribution in [1.29, 1.82) is 0 Å². The van der Waals surface area contributed by atoms with Crippen molar-refractivity contribution in [1.82, 2.24) is 4.98 Å².